The molecule has 2 aromatic heterocycles. The van der Waals surface area contributed by atoms with Crippen molar-refractivity contribution in [2.45, 2.75) is 51.7 Å². The van der Waals surface area contributed by atoms with Gasteiger partial charge in [-0.05, 0) is 56.9 Å². The van der Waals surface area contributed by atoms with Crippen molar-refractivity contribution in [3.05, 3.63) is 47.9 Å². The Labute approximate surface area is 189 Å². The van der Waals surface area contributed by atoms with E-state index in [0.717, 1.165) is 35.1 Å². The molecule has 1 unspecified atom stereocenters. The second-order valence-corrected chi connectivity index (χ2v) is 9.08. The van der Waals surface area contributed by atoms with Gasteiger partial charge in [-0.2, -0.15) is 0 Å². The number of aromatic nitrogens is 3. The van der Waals surface area contributed by atoms with Gasteiger partial charge >= 0.3 is 6.09 Å². The predicted molar refractivity (Wildman–Crippen MR) is 124 cm³/mol. The minimum atomic E-state index is -0.544. The Balaban J connectivity index is 1.58. The van der Waals surface area contributed by atoms with Crippen molar-refractivity contribution in [1.29, 1.82) is 0 Å². The van der Waals surface area contributed by atoms with Gasteiger partial charge in [-0.3, -0.25) is 0 Å². The van der Waals surface area contributed by atoms with Crippen molar-refractivity contribution in [2.75, 3.05) is 25.5 Å². The van der Waals surface area contributed by atoms with Crippen LogP contribution < -0.4 is 10.1 Å². The molecule has 2 N–H and O–H groups in total. The summed E-state index contributed by atoms with van der Waals surface area (Å²) in [4.78, 5) is 26.3. The van der Waals surface area contributed by atoms with Gasteiger partial charge in [0.15, 0.2) is 0 Å². The smallest absolute Gasteiger partial charge is 0.410 e. The maximum Gasteiger partial charge on any atom is 0.410 e. The van der Waals surface area contributed by atoms with E-state index in [1.807, 2.05) is 45.0 Å². The van der Waals surface area contributed by atoms with Crippen LogP contribution in [0.1, 0.15) is 52.0 Å². The molecule has 0 aliphatic carbocycles. The molecule has 3 heterocycles. The van der Waals surface area contributed by atoms with E-state index in [4.69, 9.17) is 10.8 Å². The topological polar surface area (TPSA) is 92.4 Å². The third-order valence-electron chi connectivity index (χ3n) is 5.53. The number of anilines is 1. The molecule has 4 rings (SSSR count). The van der Waals surface area contributed by atoms with Crippen LogP contribution in [0.4, 0.5) is 10.6 Å². The summed E-state index contributed by atoms with van der Waals surface area (Å²) in [5.74, 6) is 1.48. The molecule has 8 heteroatoms. The fourth-order valence-corrected chi connectivity index (χ4v) is 4.00. The van der Waals surface area contributed by atoms with Crippen molar-refractivity contribution in [1.82, 2.24) is 19.9 Å². The first-order valence-corrected chi connectivity index (χ1v) is 10.9. The molecule has 1 aliphatic heterocycles. The fraction of sp³-hybridized carbons (Fsp3) is 0.458. The van der Waals surface area contributed by atoms with Gasteiger partial charge in [0, 0.05) is 31.7 Å². The van der Waals surface area contributed by atoms with Crippen LogP contribution in [0.5, 0.6) is 5.75 Å². The first-order chi connectivity index (χ1) is 15.7. The summed E-state index contributed by atoms with van der Waals surface area (Å²) in [7, 11) is 1.64. The number of fused-ring (bicyclic) bond motifs is 1. The highest BCUT2D eigenvalue weighted by Crippen LogP contribution is 2.35. The molecule has 0 spiro atoms. The number of carbonyl (C=O) groups is 1. The second-order valence-electron chi connectivity index (χ2n) is 9.08. The number of piperidine rings is 1. The summed E-state index contributed by atoms with van der Waals surface area (Å²) >= 11 is 0. The SMILES string of the molecule is [2H]c1[nH]c2ncnc(NCc3ccc(OC)cc3)c2c1C1CCCN(C(=O)OC(C)(C)C)C1. The van der Waals surface area contributed by atoms with E-state index in [9.17, 15) is 4.79 Å². The van der Waals surface area contributed by atoms with Gasteiger partial charge < -0.3 is 24.7 Å². The lowest BCUT2D eigenvalue weighted by Gasteiger charge is -2.34. The number of ether oxygens (including phenoxy) is 2. The largest absolute Gasteiger partial charge is 0.497 e. The molecule has 1 fully saturated rings. The molecule has 32 heavy (non-hydrogen) atoms. The van der Waals surface area contributed by atoms with Gasteiger partial charge in [0.25, 0.3) is 0 Å². The zero-order valence-electron chi connectivity index (χ0n) is 20.1. The second kappa shape index (κ2) is 9.06. The Bertz CT molecular complexity index is 1120. The van der Waals surface area contributed by atoms with E-state index < -0.39 is 5.60 Å². The van der Waals surface area contributed by atoms with Crippen LogP contribution in [-0.2, 0) is 11.3 Å². The predicted octanol–water partition coefficient (Wildman–Crippen LogP) is 4.69. The summed E-state index contributed by atoms with van der Waals surface area (Å²) in [6.07, 6.45) is 3.22. The first kappa shape index (κ1) is 20.6. The third kappa shape index (κ3) is 4.95. The number of hydrogen-bond acceptors (Lipinski definition) is 6. The Kier molecular flexibility index (Phi) is 5.83. The molecule has 1 aliphatic rings. The van der Waals surface area contributed by atoms with Gasteiger partial charge in [0.1, 0.15) is 29.1 Å². The highest BCUT2D eigenvalue weighted by molar-refractivity contribution is 5.91. The summed E-state index contributed by atoms with van der Waals surface area (Å²) < 4.78 is 19.4. The van der Waals surface area contributed by atoms with Gasteiger partial charge in [-0.1, -0.05) is 12.1 Å². The van der Waals surface area contributed by atoms with Crippen molar-refractivity contribution >= 4 is 22.9 Å². The maximum absolute atomic E-state index is 12.7. The van der Waals surface area contributed by atoms with Gasteiger partial charge in [0.05, 0.1) is 13.9 Å². The average molecular weight is 439 g/mol. The molecular formula is C24H31N5O3. The van der Waals surface area contributed by atoms with E-state index in [1.165, 1.54) is 6.33 Å². The zero-order chi connectivity index (χ0) is 23.6. The van der Waals surface area contributed by atoms with E-state index in [-0.39, 0.29) is 12.0 Å². The number of nitrogens with one attached hydrogen (secondary N) is 2. The number of amides is 1. The van der Waals surface area contributed by atoms with Crippen LogP contribution in [0.25, 0.3) is 11.0 Å². The van der Waals surface area contributed by atoms with Crippen LogP contribution in [0, 0.1) is 0 Å². The van der Waals surface area contributed by atoms with E-state index in [0.29, 0.717) is 37.3 Å². The number of nitrogens with zero attached hydrogens (tertiary/aromatic N) is 3. The number of hydrogen-bond donors (Lipinski definition) is 2. The summed E-state index contributed by atoms with van der Waals surface area (Å²) in [6, 6.07) is 7.84. The third-order valence-corrected chi connectivity index (χ3v) is 5.53. The highest BCUT2D eigenvalue weighted by atomic mass is 16.6. The lowest BCUT2D eigenvalue weighted by molar-refractivity contribution is 0.0198. The Morgan fingerprint density at radius 2 is 2.09 bits per heavy atom. The minimum Gasteiger partial charge on any atom is -0.497 e. The van der Waals surface area contributed by atoms with Gasteiger partial charge in [-0.25, -0.2) is 14.8 Å². The van der Waals surface area contributed by atoms with E-state index >= 15 is 0 Å². The van der Waals surface area contributed by atoms with Gasteiger partial charge in [-0.15, -0.1) is 0 Å². The quantitative estimate of drug-likeness (QED) is 0.600. The number of benzene rings is 1. The van der Waals surface area contributed by atoms with Crippen LogP contribution in [-0.4, -0.2) is 51.7 Å². The number of aromatic amines is 1. The lowest BCUT2D eigenvalue weighted by Crippen LogP contribution is -2.42. The maximum atomic E-state index is 12.7. The molecular weight excluding hydrogens is 406 g/mol. The number of likely N-dealkylation sites (tertiary alicyclic amines) is 1. The van der Waals surface area contributed by atoms with Gasteiger partial charge in [0.2, 0.25) is 0 Å². The summed E-state index contributed by atoms with van der Waals surface area (Å²) in [5, 5.41) is 4.21. The monoisotopic (exact) mass is 438 g/mol. The Hall–Kier alpha value is -3.29. The Morgan fingerprint density at radius 3 is 2.81 bits per heavy atom. The molecule has 3 aromatic rings. The molecule has 0 saturated carbocycles. The molecule has 0 bridgehead atoms. The number of rotatable bonds is 5. The van der Waals surface area contributed by atoms with E-state index in [1.54, 1.807) is 12.0 Å². The molecule has 1 saturated heterocycles. The fourth-order valence-electron chi connectivity index (χ4n) is 4.00. The number of methoxy groups -OCH3 is 1. The molecule has 1 amide bonds. The lowest BCUT2D eigenvalue weighted by atomic mass is 9.91. The molecule has 1 atom stereocenters. The van der Waals surface area contributed by atoms with E-state index in [2.05, 4.69) is 20.3 Å². The molecule has 8 nitrogen and oxygen atoms in total. The van der Waals surface area contributed by atoms with Crippen LogP contribution >= 0.6 is 0 Å². The van der Waals surface area contributed by atoms with Crippen molar-refractivity contribution < 1.29 is 15.6 Å². The zero-order valence-corrected chi connectivity index (χ0v) is 19.1. The average Bonchev–Trinajstić information content (AvgIpc) is 3.13. The Morgan fingerprint density at radius 1 is 1.31 bits per heavy atom. The normalized spacial score (nSPS) is 17.2. The standard InChI is InChI=1S/C24H31N5O3/c1-24(2,3)32-23(30)29-11-5-6-17(14-29)19-13-26-22-20(19)21(27-15-28-22)25-12-16-7-9-18(31-4)10-8-16/h7-10,13,15,17H,5-6,11-12,14H2,1-4H3,(H2,25,26,27,28)/i13D. The number of H-pyrrole nitrogens is 1. The van der Waals surface area contributed by atoms with Crippen molar-refractivity contribution in [3.63, 3.8) is 0 Å². The summed E-state index contributed by atoms with van der Waals surface area (Å²) in [5.41, 5.74) is 2.00. The number of carbonyl (C=O) groups excluding carboxylic acids is 1. The van der Waals surface area contributed by atoms with Crippen molar-refractivity contribution in [2.24, 2.45) is 0 Å². The summed E-state index contributed by atoms with van der Waals surface area (Å²) in [6.45, 7) is 7.33. The first-order valence-electron chi connectivity index (χ1n) is 11.4. The molecule has 1 aromatic carbocycles. The highest BCUT2D eigenvalue weighted by Gasteiger charge is 2.30. The molecule has 0 radical (unpaired) electrons. The van der Waals surface area contributed by atoms with Crippen LogP contribution in [0.15, 0.2) is 36.8 Å². The van der Waals surface area contributed by atoms with Crippen LogP contribution in [0.2, 0.25) is 0 Å². The molecule has 170 valence electrons. The van der Waals surface area contributed by atoms with Crippen LogP contribution in [0.3, 0.4) is 0 Å². The van der Waals surface area contributed by atoms with Crippen molar-refractivity contribution in [3.8, 4) is 5.75 Å². The minimum absolute atomic E-state index is 0.0000507.